The zero-order valence-corrected chi connectivity index (χ0v) is 29.8. The van der Waals surface area contributed by atoms with E-state index < -0.39 is 0 Å². The third-order valence-electron chi connectivity index (χ3n) is 10.2. The lowest BCUT2D eigenvalue weighted by Gasteiger charge is -2.10. The molecule has 0 bridgehead atoms. The molecule has 0 radical (unpaired) electrons. The fraction of sp³-hybridized carbons (Fsp3) is 0. The van der Waals surface area contributed by atoms with Crippen LogP contribution in [0.1, 0.15) is 0 Å². The van der Waals surface area contributed by atoms with Crippen LogP contribution >= 0.6 is 0 Å². The van der Waals surface area contributed by atoms with Gasteiger partial charge in [-0.05, 0) is 53.6 Å². The first-order chi connectivity index (χ1) is 27.7. The molecule has 0 aliphatic heterocycles. The van der Waals surface area contributed by atoms with E-state index in [-0.39, 0.29) is 0 Å². The number of para-hydroxylation sites is 1. The smallest absolute Gasteiger partial charge is 0.180 e. The van der Waals surface area contributed by atoms with Crippen molar-refractivity contribution in [2.75, 3.05) is 0 Å². The van der Waals surface area contributed by atoms with Crippen LogP contribution in [-0.4, -0.2) is 24.9 Å². The van der Waals surface area contributed by atoms with Crippen LogP contribution in [0.5, 0.6) is 0 Å². The molecule has 4 aromatic heterocycles. The number of benzene rings is 7. The Hall–Kier alpha value is -7.77. The maximum absolute atomic E-state index is 6.48. The first-order valence-electron chi connectivity index (χ1n) is 18.4. The van der Waals surface area contributed by atoms with Gasteiger partial charge < -0.3 is 8.83 Å². The van der Waals surface area contributed by atoms with Crippen molar-refractivity contribution in [2.45, 2.75) is 0 Å². The number of nitrogens with zero attached hydrogens (tertiary/aromatic N) is 5. The molecule has 0 saturated carbocycles. The van der Waals surface area contributed by atoms with E-state index >= 15 is 0 Å². The van der Waals surface area contributed by atoms with Gasteiger partial charge in [-0.3, -0.25) is 0 Å². The lowest BCUT2D eigenvalue weighted by atomic mass is 10.0. The van der Waals surface area contributed by atoms with Gasteiger partial charge in [0.15, 0.2) is 28.9 Å². The second-order valence-corrected chi connectivity index (χ2v) is 13.6. The summed E-state index contributed by atoms with van der Waals surface area (Å²) < 4.78 is 12.8. The van der Waals surface area contributed by atoms with Gasteiger partial charge in [-0.2, -0.15) is 0 Å². The number of rotatable bonds is 6. The maximum atomic E-state index is 6.48. The van der Waals surface area contributed by atoms with Crippen LogP contribution < -0.4 is 0 Å². The highest BCUT2D eigenvalue weighted by molar-refractivity contribution is 6.13. The summed E-state index contributed by atoms with van der Waals surface area (Å²) in [4.78, 5) is 25.5. The summed E-state index contributed by atoms with van der Waals surface area (Å²) in [5, 5.41) is 2.75. The van der Waals surface area contributed by atoms with Crippen molar-refractivity contribution >= 4 is 44.0 Å². The summed E-state index contributed by atoms with van der Waals surface area (Å²) in [6.07, 6.45) is 0. The van der Waals surface area contributed by atoms with E-state index in [0.717, 1.165) is 83.1 Å². The summed E-state index contributed by atoms with van der Waals surface area (Å²) in [5.41, 5.74) is 11.0. The third kappa shape index (κ3) is 5.41. The van der Waals surface area contributed by atoms with Gasteiger partial charge in [0.2, 0.25) is 0 Å². The molecule has 0 N–H and O–H groups in total. The Kier molecular flexibility index (Phi) is 7.35. The number of fused-ring (bicyclic) bond motifs is 6. The van der Waals surface area contributed by atoms with Gasteiger partial charge in [-0.1, -0.05) is 133 Å². The third-order valence-corrected chi connectivity index (χ3v) is 10.2. The molecule has 4 heterocycles. The van der Waals surface area contributed by atoms with Crippen LogP contribution in [0.25, 0.3) is 112 Å². The predicted octanol–water partition coefficient (Wildman–Crippen LogP) is 12.5. The van der Waals surface area contributed by atoms with E-state index in [2.05, 4.69) is 30.3 Å². The Labute approximate surface area is 320 Å². The molecule has 0 aliphatic rings. The van der Waals surface area contributed by atoms with Crippen molar-refractivity contribution in [3.05, 3.63) is 176 Å². The van der Waals surface area contributed by atoms with Gasteiger partial charge in [0.05, 0.1) is 0 Å². The molecule has 0 aliphatic carbocycles. The molecule has 11 rings (SSSR count). The fourth-order valence-electron chi connectivity index (χ4n) is 7.47. The maximum Gasteiger partial charge on any atom is 0.180 e. The van der Waals surface area contributed by atoms with Crippen molar-refractivity contribution in [3.8, 4) is 67.9 Å². The topological polar surface area (TPSA) is 90.7 Å². The molecule has 0 spiro atoms. The monoisotopic (exact) mass is 719 g/mol. The fourth-order valence-corrected chi connectivity index (χ4v) is 7.47. The van der Waals surface area contributed by atoms with E-state index in [1.807, 2.05) is 146 Å². The minimum absolute atomic E-state index is 0.548. The van der Waals surface area contributed by atoms with Crippen LogP contribution in [0.2, 0.25) is 0 Å². The molecule has 7 nitrogen and oxygen atoms in total. The standard InChI is InChI=1S/C49H29N5O2/c1-4-14-30(15-5-1)33-20-12-21-34(28-33)48-52-46(32-18-8-3-9-19-32)53-49(54-48)37-23-13-25-41-42(37)38-29-35(26-27-40(38)55-41)47-50-43(31-16-6-2-7-17-31)45-44(51-47)36-22-10-11-24-39(36)56-45/h1-29H. The van der Waals surface area contributed by atoms with Gasteiger partial charge in [0.25, 0.3) is 0 Å². The molecule has 56 heavy (non-hydrogen) atoms. The molecular formula is C49H29N5O2. The van der Waals surface area contributed by atoms with Crippen molar-refractivity contribution < 1.29 is 8.83 Å². The predicted molar refractivity (Wildman–Crippen MR) is 223 cm³/mol. The van der Waals surface area contributed by atoms with Crippen LogP contribution in [0.3, 0.4) is 0 Å². The van der Waals surface area contributed by atoms with Crippen molar-refractivity contribution in [1.82, 2.24) is 24.9 Å². The van der Waals surface area contributed by atoms with Gasteiger partial charge in [-0.25, -0.2) is 24.9 Å². The molecule has 262 valence electrons. The molecule has 0 saturated heterocycles. The van der Waals surface area contributed by atoms with E-state index in [0.29, 0.717) is 28.9 Å². The lowest BCUT2D eigenvalue weighted by molar-refractivity contribution is 0.667. The van der Waals surface area contributed by atoms with E-state index in [9.17, 15) is 0 Å². The number of furan rings is 2. The molecule has 0 fully saturated rings. The minimum atomic E-state index is 0.548. The van der Waals surface area contributed by atoms with Crippen LogP contribution in [-0.2, 0) is 0 Å². The minimum Gasteiger partial charge on any atom is -0.456 e. The molecule has 7 heteroatoms. The van der Waals surface area contributed by atoms with E-state index in [4.69, 9.17) is 33.8 Å². The Balaban J connectivity index is 1.11. The number of aromatic nitrogens is 5. The average molecular weight is 720 g/mol. The molecule has 7 aromatic carbocycles. The zero-order valence-electron chi connectivity index (χ0n) is 29.8. The summed E-state index contributed by atoms with van der Waals surface area (Å²) in [6.45, 7) is 0. The Morgan fingerprint density at radius 1 is 0.321 bits per heavy atom. The molecule has 0 amide bonds. The van der Waals surface area contributed by atoms with Gasteiger partial charge in [0.1, 0.15) is 28.0 Å². The summed E-state index contributed by atoms with van der Waals surface area (Å²) in [7, 11) is 0. The number of hydrogen-bond acceptors (Lipinski definition) is 7. The zero-order chi connectivity index (χ0) is 37.0. The second-order valence-electron chi connectivity index (χ2n) is 13.6. The van der Waals surface area contributed by atoms with Crippen LogP contribution in [0.4, 0.5) is 0 Å². The molecule has 11 aromatic rings. The first kappa shape index (κ1) is 31.7. The second kappa shape index (κ2) is 13.0. The summed E-state index contributed by atoms with van der Waals surface area (Å²) >= 11 is 0. The highest BCUT2D eigenvalue weighted by Crippen LogP contribution is 2.40. The lowest BCUT2D eigenvalue weighted by Crippen LogP contribution is -2.00. The van der Waals surface area contributed by atoms with Gasteiger partial charge in [0, 0.05) is 44.0 Å². The highest BCUT2D eigenvalue weighted by Gasteiger charge is 2.21. The Bertz CT molecular complexity index is 3250. The van der Waals surface area contributed by atoms with E-state index in [1.165, 1.54) is 0 Å². The Morgan fingerprint density at radius 2 is 0.893 bits per heavy atom. The molecular weight excluding hydrogens is 691 g/mol. The largest absolute Gasteiger partial charge is 0.456 e. The number of hydrogen-bond donors (Lipinski definition) is 0. The van der Waals surface area contributed by atoms with Crippen LogP contribution in [0.15, 0.2) is 185 Å². The average Bonchev–Trinajstić information content (AvgIpc) is 3.85. The van der Waals surface area contributed by atoms with Gasteiger partial charge in [-0.15, -0.1) is 0 Å². The quantitative estimate of drug-likeness (QED) is 0.169. The van der Waals surface area contributed by atoms with Gasteiger partial charge >= 0.3 is 0 Å². The Morgan fingerprint density at radius 3 is 1.70 bits per heavy atom. The van der Waals surface area contributed by atoms with Crippen molar-refractivity contribution in [3.63, 3.8) is 0 Å². The summed E-state index contributed by atoms with van der Waals surface area (Å²) in [5.74, 6) is 2.30. The van der Waals surface area contributed by atoms with Crippen molar-refractivity contribution in [1.29, 1.82) is 0 Å². The first-order valence-corrected chi connectivity index (χ1v) is 18.4. The SMILES string of the molecule is c1ccc(-c2cccc(-c3nc(-c4ccccc4)nc(-c4cccc5oc6ccc(-c7nc(-c8ccccc8)c8oc9ccccc9c8n7)cc6c45)n3)c2)cc1. The normalized spacial score (nSPS) is 11.6. The van der Waals surface area contributed by atoms with Crippen LogP contribution in [0, 0.1) is 0 Å². The van der Waals surface area contributed by atoms with Crippen molar-refractivity contribution in [2.24, 2.45) is 0 Å². The highest BCUT2D eigenvalue weighted by atomic mass is 16.3. The van der Waals surface area contributed by atoms with E-state index in [1.54, 1.807) is 0 Å². The summed E-state index contributed by atoms with van der Waals surface area (Å²) in [6, 6.07) is 58.9. The molecule has 0 unspecified atom stereocenters. The molecule has 0 atom stereocenters.